The van der Waals surface area contributed by atoms with Gasteiger partial charge in [-0.05, 0) is 5.75 Å². The second kappa shape index (κ2) is 2.20. The Morgan fingerprint density at radius 2 is 2.60 bits per heavy atom. The van der Waals surface area contributed by atoms with Gasteiger partial charge >= 0.3 is 0 Å². The van der Waals surface area contributed by atoms with Crippen LogP contribution in [0.15, 0.2) is 6.20 Å². The van der Waals surface area contributed by atoms with Gasteiger partial charge in [0.25, 0.3) is 0 Å². The Kier molecular flexibility index (Phi) is 1.34. The highest BCUT2D eigenvalue weighted by molar-refractivity contribution is 7.98. The maximum atomic E-state index is 9.09. The molecule has 0 aromatic carbocycles. The summed E-state index contributed by atoms with van der Waals surface area (Å²) < 4.78 is 0. The molecular formula is C6H8N2OS. The van der Waals surface area contributed by atoms with E-state index in [2.05, 4.69) is 5.10 Å². The van der Waals surface area contributed by atoms with Crippen LogP contribution in [0.2, 0.25) is 0 Å². The first-order valence-electron chi connectivity index (χ1n) is 3.20. The van der Waals surface area contributed by atoms with Crippen molar-refractivity contribution in [3.05, 3.63) is 17.5 Å². The summed E-state index contributed by atoms with van der Waals surface area (Å²) >= 11 is 1.89. The van der Waals surface area contributed by atoms with Gasteiger partial charge in [-0.3, -0.25) is 0 Å². The standard InChI is InChI=1S/C6H8N2OS/c9-8-6-1-2-10-4-5(6)3-7-8/h3,9H,1-2,4H2. The van der Waals surface area contributed by atoms with E-state index in [0.717, 1.165) is 28.5 Å². The van der Waals surface area contributed by atoms with Crippen LogP contribution in [0.3, 0.4) is 0 Å². The van der Waals surface area contributed by atoms with Gasteiger partial charge in [-0.15, -0.1) is 9.94 Å². The summed E-state index contributed by atoms with van der Waals surface area (Å²) in [5, 5.41) is 12.8. The van der Waals surface area contributed by atoms with Crippen molar-refractivity contribution in [2.45, 2.75) is 12.2 Å². The largest absolute Gasteiger partial charge is 0.411 e. The van der Waals surface area contributed by atoms with Crippen molar-refractivity contribution < 1.29 is 5.21 Å². The van der Waals surface area contributed by atoms with Crippen LogP contribution in [0.4, 0.5) is 0 Å². The molecule has 0 fully saturated rings. The van der Waals surface area contributed by atoms with E-state index in [9.17, 15) is 0 Å². The van der Waals surface area contributed by atoms with Crippen LogP contribution in [0.5, 0.6) is 0 Å². The summed E-state index contributed by atoms with van der Waals surface area (Å²) in [5.41, 5.74) is 2.16. The number of aromatic nitrogens is 2. The van der Waals surface area contributed by atoms with Crippen molar-refractivity contribution in [3.63, 3.8) is 0 Å². The van der Waals surface area contributed by atoms with E-state index in [1.165, 1.54) is 5.56 Å². The van der Waals surface area contributed by atoms with Crippen LogP contribution in [0.25, 0.3) is 0 Å². The quantitative estimate of drug-likeness (QED) is 0.567. The van der Waals surface area contributed by atoms with Crippen LogP contribution >= 0.6 is 11.8 Å². The molecule has 2 heterocycles. The molecule has 0 saturated carbocycles. The predicted molar refractivity (Wildman–Crippen MR) is 39.3 cm³/mol. The van der Waals surface area contributed by atoms with Crippen LogP contribution < -0.4 is 0 Å². The van der Waals surface area contributed by atoms with Gasteiger partial charge in [-0.25, -0.2) is 0 Å². The molecule has 4 heteroatoms. The number of hydrogen-bond acceptors (Lipinski definition) is 3. The Balaban J connectivity index is 2.45. The molecule has 0 spiro atoms. The first-order chi connectivity index (χ1) is 4.88. The lowest BCUT2D eigenvalue weighted by Gasteiger charge is -2.09. The minimum Gasteiger partial charge on any atom is -0.411 e. The molecule has 1 aliphatic heterocycles. The molecule has 1 aromatic heterocycles. The molecule has 1 aromatic rings. The number of thioether (sulfide) groups is 1. The monoisotopic (exact) mass is 156 g/mol. The lowest BCUT2D eigenvalue weighted by atomic mass is 10.2. The van der Waals surface area contributed by atoms with E-state index in [4.69, 9.17) is 5.21 Å². The smallest absolute Gasteiger partial charge is 0.0847 e. The molecule has 0 bridgehead atoms. The summed E-state index contributed by atoms with van der Waals surface area (Å²) in [4.78, 5) is 0.995. The Bertz CT molecular complexity index is 246. The Labute approximate surface area is 63.0 Å². The first-order valence-corrected chi connectivity index (χ1v) is 4.36. The van der Waals surface area contributed by atoms with Gasteiger partial charge in [0.15, 0.2) is 0 Å². The molecule has 0 aliphatic carbocycles. The SMILES string of the molecule is On1ncc2c1CCSC2. The fraction of sp³-hybridized carbons (Fsp3) is 0.500. The number of nitrogens with zero attached hydrogens (tertiary/aromatic N) is 2. The average molecular weight is 156 g/mol. The zero-order valence-electron chi connectivity index (χ0n) is 5.45. The molecule has 0 atom stereocenters. The third-order valence-corrected chi connectivity index (χ3v) is 2.68. The molecule has 0 amide bonds. The van der Waals surface area contributed by atoms with Crippen molar-refractivity contribution in [3.8, 4) is 0 Å². The van der Waals surface area contributed by atoms with Gasteiger partial charge in [0.05, 0.1) is 11.9 Å². The fourth-order valence-electron chi connectivity index (χ4n) is 1.13. The predicted octanol–water partition coefficient (Wildman–Crippen LogP) is 0.910. The zero-order valence-corrected chi connectivity index (χ0v) is 6.27. The van der Waals surface area contributed by atoms with Gasteiger partial charge < -0.3 is 5.21 Å². The molecule has 2 rings (SSSR count). The van der Waals surface area contributed by atoms with Gasteiger partial charge in [0, 0.05) is 17.7 Å². The minimum absolute atomic E-state index is 0.941. The van der Waals surface area contributed by atoms with Gasteiger partial charge in [0.2, 0.25) is 0 Å². The highest BCUT2D eigenvalue weighted by atomic mass is 32.2. The third kappa shape index (κ3) is 0.794. The minimum atomic E-state index is 0.941. The highest BCUT2D eigenvalue weighted by Crippen LogP contribution is 2.22. The summed E-state index contributed by atoms with van der Waals surface area (Å²) in [6.45, 7) is 0. The molecule has 54 valence electrons. The lowest BCUT2D eigenvalue weighted by Crippen LogP contribution is -2.06. The maximum absolute atomic E-state index is 9.09. The molecule has 0 saturated heterocycles. The number of rotatable bonds is 0. The van der Waals surface area contributed by atoms with Crippen molar-refractivity contribution in [2.75, 3.05) is 5.75 Å². The van der Waals surface area contributed by atoms with Crippen LogP contribution in [0.1, 0.15) is 11.3 Å². The summed E-state index contributed by atoms with van der Waals surface area (Å²) in [7, 11) is 0. The second-order valence-corrected chi connectivity index (χ2v) is 3.41. The maximum Gasteiger partial charge on any atom is 0.0847 e. The fourth-order valence-corrected chi connectivity index (χ4v) is 2.07. The Morgan fingerprint density at radius 3 is 3.40 bits per heavy atom. The topological polar surface area (TPSA) is 38.0 Å². The summed E-state index contributed by atoms with van der Waals surface area (Å²) in [6.07, 6.45) is 2.68. The average Bonchev–Trinajstić information content (AvgIpc) is 2.34. The van der Waals surface area contributed by atoms with Gasteiger partial charge in [0.1, 0.15) is 0 Å². The van der Waals surface area contributed by atoms with Crippen molar-refractivity contribution in [1.82, 2.24) is 9.94 Å². The molecule has 3 nitrogen and oxygen atoms in total. The van der Waals surface area contributed by atoms with E-state index in [-0.39, 0.29) is 0 Å². The van der Waals surface area contributed by atoms with Crippen molar-refractivity contribution in [2.24, 2.45) is 0 Å². The van der Waals surface area contributed by atoms with Crippen LogP contribution in [-0.4, -0.2) is 20.9 Å². The van der Waals surface area contributed by atoms with Gasteiger partial charge in [-0.2, -0.15) is 11.8 Å². The van der Waals surface area contributed by atoms with Crippen molar-refractivity contribution >= 4 is 11.8 Å². The third-order valence-electron chi connectivity index (χ3n) is 1.68. The second-order valence-electron chi connectivity index (χ2n) is 2.31. The van der Waals surface area contributed by atoms with Gasteiger partial charge in [-0.1, -0.05) is 0 Å². The molecule has 0 radical (unpaired) electrons. The molecule has 0 unspecified atom stereocenters. The lowest BCUT2D eigenvalue weighted by molar-refractivity contribution is 0.140. The normalized spacial score (nSPS) is 16.8. The molecule has 1 N–H and O–H groups in total. The van der Waals surface area contributed by atoms with E-state index in [1.54, 1.807) is 6.20 Å². The van der Waals surface area contributed by atoms with Crippen molar-refractivity contribution in [1.29, 1.82) is 0 Å². The zero-order chi connectivity index (χ0) is 6.97. The van der Waals surface area contributed by atoms with E-state index in [0.29, 0.717) is 0 Å². The van der Waals surface area contributed by atoms with Crippen LogP contribution in [0, 0.1) is 0 Å². The molecular weight excluding hydrogens is 148 g/mol. The Morgan fingerprint density at radius 1 is 1.70 bits per heavy atom. The van der Waals surface area contributed by atoms with E-state index >= 15 is 0 Å². The molecule has 10 heavy (non-hydrogen) atoms. The number of hydrogen-bond donors (Lipinski definition) is 1. The first kappa shape index (κ1) is 6.09. The summed E-state index contributed by atoms with van der Waals surface area (Å²) in [6, 6.07) is 0. The number of fused-ring (bicyclic) bond motifs is 1. The van der Waals surface area contributed by atoms with Crippen LogP contribution in [-0.2, 0) is 12.2 Å². The summed E-state index contributed by atoms with van der Waals surface area (Å²) in [5.74, 6) is 2.09. The highest BCUT2D eigenvalue weighted by Gasteiger charge is 2.14. The van der Waals surface area contributed by atoms with E-state index < -0.39 is 0 Å². The van der Waals surface area contributed by atoms with E-state index in [1.807, 2.05) is 11.8 Å². The molecule has 1 aliphatic rings. The Hall–Kier alpha value is -0.640.